The zero-order chi connectivity index (χ0) is 20.9. The molecule has 0 N–H and O–H groups in total. The van der Waals surface area contributed by atoms with Gasteiger partial charge in [-0.3, -0.25) is 0 Å². The molecule has 7 heteroatoms. The van der Waals surface area contributed by atoms with Gasteiger partial charge in [-0.25, -0.2) is 9.67 Å². The van der Waals surface area contributed by atoms with Gasteiger partial charge in [0.1, 0.15) is 12.2 Å². The Morgan fingerprint density at radius 3 is 2.60 bits per heavy atom. The molecule has 2 aromatic carbocycles. The predicted molar refractivity (Wildman–Crippen MR) is 115 cm³/mol. The van der Waals surface area contributed by atoms with Crippen LogP contribution in [0, 0.1) is 6.92 Å². The summed E-state index contributed by atoms with van der Waals surface area (Å²) in [5.74, 6) is 1.68. The first-order chi connectivity index (χ1) is 14.6. The number of tetrazole rings is 1. The minimum atomic E-state index is 0.406. The lowest BCUT2D eigenvalue weighted by Crippen LogP contribution is -2.08. The topological polar surface area (TPSA) is 78.6 Å². The number of benzene rings is 2. The van der Waals surface area contributed by atoms with E-state index in [0.29, 0.717) is 30.7 Å². The SMILES string of the molecule is Cc1nc(OCCc2ccccc2-n2cnnn2)cc(-c2ccccc2C(C)C)n1. The second kappa shape index (κ2) is 8.82. The molecule has 2 heterocycles. The van der Waals surface area contributed by atoms with Gasteiger partial charge in [-0.15, -0.1) is 5.10 Å². The maximum atomic E-state index is 6.01. The van der Waals surface area contributed by atoms with Crippen LogP contribution >= 0.6 is 0 Å². The molecule has 152 valence electrons. The Labute approximate surface area is 175 Å². The lowest BCUT2D eigenvalue weighted by atomic mass is 9.95. The molecule has 0 atom stereocenters. The molecular formula is C23H24N6O. The van der Waals surface area contributed by atoms with Crippen LogP contribution in [0.25, 0.3) is 16.9 Å². The number of hydrogen-bond acceptors (Lipinski definition) is 6. The molecule has 4 aromatic rings. The fraction of sp³-hybridized carbons (Fsp3) is 0.261. The summed E-state index contributed by atoms with van der Waals surface area (Å²) in [7, 11) is 0. The van der Waals surface area contributed by atoms with Gasteiger partial charge in [-0.2, -0.15) is 4.98 Å². The number of rotatable bonds is 7. The van der Waals surface area contributed by atoms with Crippen molar-refractivity contribution in [1.82, 2.24) is 30.2 Å². The highest BCUT2D eigenvalue weighted by molar-refractivity contribution is 5.65. The number of ether oxygens (including phenoxy) is 1. The second-order valence-electron chi connectivity index (χ2n) is 7.36. The number of nitrogens with zero attached hydrogens (tertiary/aromatic N) is 6. The summed E-state index contributed by atoms with van der Waals surface area (Å²) in [5, 5.41) is 11.4. The van der Waals surface area contributed by atoms with E-state index in [2.05, 4.69) is 63.6 Å². The molecule has 0 unspecified atom stereocenters. The molecule has 30 heavy (non-hydrogen) atoms. The van der Waals surface area contributed by atoms with Crippen LogP contribution in [0.5, 0.6) is 5.88 Å². The van der Waals surface area contributed by atoms with Crippen LogP contribution in [0.3, 0.4) is 0 Å². The van der Waals surface area contributed by atoms with E-state index in [1.807, 2.05) is 37.3 Å². The Bertz CT molecular complexity index is 1120. The first kappa shape index (κ1) is 19.7. The van der Waals surface area contributed by atoms with E-state index in [0.717, 1.165) is 22.5 Å². The van der Waals surface area contributed by atoms with Gasteiger partial charge in [-0.1, -0.05) is 56.3 Å². The van der Waals surface area contributed by atoms with Crippen LogP contribution in [-0.2, 0) is 6.42 Å². The van der Waals surface area contributed by atoms with Crippen molar-refractivity contribution >= 4 is 0 Å². The van der Waals surface area contributed by atoms with E-state index in [9.17, 15) is 0 Å². The summed E-state index contributed by atoms with van der Waals surface area (Å²) in [5.41, 5.74) is 5.30. The van der Waals surface area contributed by atoms with Gasteiger partial charge in [0.25, 0.3) is 0 Å². The van der Waals surface area contributed by atoms with Crippen LogP contribution in [0.4, 0.5) is 0 Å². The van der Waals surface area contributed by atoms with Crippen LogP contribution in [0.2, 0.25) is 0 Å². The molecule has 4 rings (SSSR count). The molecule has 0 saturated heterocycles. The maximum absolute atomic E-state index is 6.01. The number of aromatic nitrogens is 6. The van der Waals surface area contributed by atoms with Crippen molar-refractivity contribution in [3.8, 4) is 22.8 Å². The van der Waals surface area contributed by atoms with E-state index in [-0.39, 0.29) is 0 Å². The Morgan fingerprint density at radius 1 is 1.00 bits per heavy atom. The van der Waals surface area contributed by atoms with Crippen molar-refractivity contribution < 1.29 is 4.74 Å². The molecule has 2 aromatic heterocycles. The number of aryl methyl sites for hydroxylation is 1. The van der Waals surface area contributed by atoms with Crippen LogP contribution in [0.1, 0.15) is 36.7 Å². The molecule has 0 bridgehead atoms. The van der Waals surface area contributed by atoms with E-state index >= 15 is 0 Å². The van der Waals surface area contributed by atoms with E-state index < -0.39 is 0 Å². The lowest BCUT2D eigenvalue weighted by Gasteiger charge is -2.14. The fourth-order valence-electron chi connectivity index (χ4n) is 3.47. The summed E-state index contributed by atoms with van der Waals surface area (Å²) < 4.78 is 7.67. The fourth-order valence-corrected chi connectivity index (χ4v) is 3.47. The predicted octanol–water partition coefficient (Wildman–Crippen LogP) is 4.17. The average Bonchev–Trinajstić information content (AvgIpc) is 3.28. The van der Waals surface area contributed by atoms with Crippen molar-refractivity contribution in [3.05, 3.63) is 77.9 Å². The first-order valence-electron chi connectivity index (χ1n) is 10.0. The molecule has 0 amide bonds. The highest BCUT2D eigenvalue weighted by atomic mass is 16.5. The molecule has 0 fully saturated rings. The van der Waals surface area contributed by atoms with Gasteiger partial charge in [0, 0.05) is 18.1 Å². The highest BCUT2D eigenvalue weighted by Gasteiger charge is 2.12. The van der Waals surface area contributed by atoms with Crippen LogP contribution in [-0.4, -0.2) is 36.8 Å². The minimum absolute atomic E-state index is 0.406. The molecule has 0 aliphatic rings. The van der Waals surface area contributed by atoms with Crippen molar-refractivity contribution in [2.24, 2.45) is 0 Å². The summed E-state index contributed by atoms with van der Waals surface area (Å²) >= 11 is 0. The number of hydrogen-bond donors (Lipinski definition) is 0. The molecule has 0 spiro atoms. The van der Waals surface area contributed by atoms with Crippen molar-refractivity contribution in [2.45, 2.75) is 33.1 Å². The number of para-hydroxylation sites is 1. The monoisotopic (exact) mass is 400 g/mol. The Morgan fingerprint density at radius 2 is 1.80 bits per heavy atom. The summed E-state index contributed by atoms with van der Waals surface area (Å²) in [4.78, 5) is 9.11. The van der Waals surface area contributed by atoms with Crippen molar-refractivity contribution in [2.75, 3.05) is 6.61 Å². The standard InChI is InChI=1S/C23H24N6O/c1-16(2)19-9-5-6-10-20(19)21-14-23(26-17(3)25-21)30-13-12-18-8-4-7-11-22(18)29-15-24-27-28-29/h4-11,14-16H,12-13H2,1-3H3. The van der Waals surface area contributed by atoms with Crippen molar-refractivity contribution in [1.29, 1.82) is 0 Å². The smallest absolute Gasteiger partial charge is 0.217 e. The Hall–Kier alpha value is -3.61. The van der Waals surface area contributed by atoms with Gasteiger partial charge in [0.15, 0.2) is 0 Å². The lowest BCUT2D eigenvalue weighted by molar-refractivity contribution is 0.308. The minimum Gasteiger partial charge on any atom is -0.477 e. The van der Waals surface area contributed by atoms with E-state index in [1.165, 1.54) is 5.56 Å². The average molecular weight is 400 g/mol. The van der Waals surface area contributed by atoms with E-state index in [4.69, 9.17) is 4.74 Å². The third kappa shape index (κ3) is 4.35. The summed E-state index contributed by atoms with van der Waals surface area (Å²) in [6, 6.07) is 18.3. The summed E-state index contributed by atoms with van der Waals surface area (Å²) in [6.45, 7) is 6.75. The molecule has 7 nitrogen and oxygen atoms in total. The molecule has 0 radical (unpaired) electrons. The normalized spacial score (nSPS) is 11.1. The molecule has 0 aliphatic heterocycles. The first-order valence-corrected chi connectivity index (χ1v) is 10.0. The molecule has 0 aliphatic carbocycles. The largest absolute Gasteiger partial charge is 0.477 e. The van der Waals surface area contributed by atoms with E-state index in [1.54, 1.807) is 11.0 Å². The van der Waals surface area contributed by atoms with Gasteiger partial charge in [0.2, 0.25) is 5.88 Å². The summed E-state index contributed by atoms with van der Waals surface area (Å²) in [6.07, 6.45) is 2.29. The van der Waals surface area contributed by atoms with Gasteiger partial charge in [-0.05, 0) is 40.5 Å². The van der Waals surface area contributed by atoms with Crippen LogP contribution < -0.4 is 4.74 Å². The molecular weight excluding hydrogens is 376 g/mol. The Balaban J connectivity index is 1.52. The quantitative estimate of drug-likeness (QED) is 0.463. The zero-order valence-corrected chi connectivity index (χ0v) is 17.4. The highest BCUT2D eigenvalue weighted by Crippen LogP contribution is 2.29. The Kier molecular flexibility index (Phi) is 5.79. The zero-order valence-electron chi connectivity index (χ0n) is 17.4. The third-order valence-electron chi connectivity index (χ3n) is 4.88. The second-order valence-corrected chi connectivity index (χ2v) is 7.36. The van der Waals surface area contributed by atoms with Crippen molar-refractivity contribution in [3.63, 3.8) is 0 Å². The van der Waals surface area contributed by atoms with Gasteiger partial charge < -0.3 is 4.74 Å². The molecule has 0 saturated carbocycles. The maximum Gasteiger partial charge on any atom is 0.217 e. The van der Waals surface area contributed by atoms with Gasteiger partial charge >= 0.3 is 0 Å². The third-order valence-corrected chi connectivity index (χ3v) is 4.88. The van der Waals surface area contributed by atoms with Gasteiger partial charge in [0.05, 0.1) is 18.0 Å². The van der Waals surface area contributed by atoms with Crippen LogP contribution in [0.15, 0.2) is 60.9 Å².